The van der Waals surface area contributed by atoms with Crippen molar-refractivity contribution in [1.29, 1.82) is 0 Å². The van der Waals surface area contributed by atoms with Crippen LogP contribution in [0.25, 0.3) is 22.3 Å². The topological polar surface area (TPSA) is 18.5 Å². The highest BCUT2D eigenvalue weighted by atomic mass is 19.2. The number of ether oxygens (including phenoxy) is 2. The Labute approximate surface area is 214 Å². The molecule has 37 heavy (non-hydrogen) atoms. The van der Waals surface area contributed by atoms with Crippen LogP contribution in [0.3, 0.4) is 0 Å². The van der Waals surface area contributed by atoms with Crippen molar-refractivity contribution in [3.05, 3.63) is 82.7 Å². The molecule has 1 heterocycles. The van der Waals surface area contributed by atoms with Crippen LogP contribution in [0.5, 0.6) is 0 Å². The monoisotopic (exact) mass is 518 g/mol. The molecule has 0 bridgehead atoms. The Balaban J connectivity index is 1.52. The summed E-state index contributed by atoms with van der Waals surface area (Å²) in [6.07, 6.45) is 3.84. The van der Waals surface area contributed by atoms with Crippen molar-refractivity contribution in [2.75, 3.05) is 13.2 Å². The van der Waals surface area contributed by atoms with Crippen LogP contribution in [0.2, 0.25) is 0 Å². The maximum atomic E-state index is 15.0. The maximum Gasteiger partial charge on any atom is 0.167 e. The van der Waals surface area contributed by atoms with Gasteiger partial charge in [-0.05, 0) is 56.2 Å². The fourth-order valence-electron chi connectivity index (χ4n) is 4.87. The number of halogens is 5. The van der Waals surface area contributed by atoms with E-state index >= 15 is 4.39 Å². The van der Waals surface area contributed by atoms with Crippen molar-refractivity contribution >= 4 is 0 Å². The second-order valence-electron chi connectivity index (χ2n) is 9.40. The van der Waals surface area contributed by atoms with Gasteiger partial charge in [0.15, 0.2) is 23.3 Å². The SMILES string of the molecule is CCCc1ccc(-c2ccc(-c3ccc(CCC4CCC(OCC)CO4)c(F)c3F)c(F)c2F)c(F)c1. The second-order valence-corrected chi connectivity index (χ2v) is 9.40. The van der Waals surface area contributed by atoms with Crippen molar-refractivity contribution in [1.82, 2.24) is 0 Å². The first-order chi connectivity index (χ1) is 17.8. The van der Waals surface area contributed by atoms with Gasteiger partial charge in [0.25, 0.3) is 0 Å². The normalized spacial score (nSPS) is 17.8. The zero-order chi connectivity index (χ0) is 26.5. The zero-order valence-electron chi connectivity index (χ0n) is 21.1. The molecule has 0 saturated carbocycles. The van der Waals surface area contributed by atoms with E-state index in [1.54, 1.807) is 6.07 Å². The molecule has 2 atom stereocenters. The molecule has 2 nitrogen and oxygen atoms in total. The third-order valence-corrected chi connectivity index (χ3v) is 6.86. The van der Waals surface area contributed by atoms with Crippen molar-refractivity contribution in [2.24, 2.45) is 0 Å². The quantitative estimate of drug-likeness (QED) is 0.266. The van der Waals surface area contributed by atoms with E-state index in [2.05, 4.69) is 0 Å². The average molecular weight is 519 g/mol. The van der Waals surface area contributed by atoms with Crippen molar-refractivity contribution in [2.45, 2.75) is 64.6 Å². The Morgan fingerprint density at radius 3 is 1.97 bits per heavy atom. The van der Waals surface area contributed by atoms with Gasteiger partial charge in [-0.15, -0.1) is 0 Å². The molecule has 0 aromatic heterocycles. The first-order valence-corrected chi connectivity index (χ1v) is 12.8. The Bertz CT molecular complexity index is 1240. The lowest BCUT2D eigenvalue weighted by Gasteiger charge is -2.29. The third-order valence-electron chi connectivity index (χ3n) is 6.86. The van der Waals surface area contributed by atoms with E-state index in [9.17, 15) is 17.6 Å². The maximum absolute atomic E-state index is 15.0. The summed E-state index contributed by atoms with van der Waals surface area (Å²) in [5, 5.41) is 0. The minimum Gasteiger partial charge on any atom is -0.376 e. The highest BCUT2D eigenvalue weighted by Gasteiger charge is 2.24. The molecule has 1 aliphatic rings. The molecule has 198 valence electrons. The number of hydrogen-bond acceptors (Lipinski definition) is 2. The van der Waals surface area contributed by atoms with Crippen molar-refractivity contribution in [3.8, 4) is 22.3 Å². The molecule has 2 unspecified atom stereocenters. The minimum atomic E-state index is -1.36. The van der Waals surface area contributed by atoms with Crippen LogP contribution < -0.4 is 0 Å². The summed E-state index contributed by atoms with van der Waals surface area (Å²) in [6.45, 7) is 4.97. The summed E-state index contributed by atoms with van der Waals surface area (Å²) in [7, 11) is 0. The number of benzene rings is 3. The van der Waals surface area contributed by atoms with E-state index in [4.69, 9.17) is 9.47 Å². The number of rotatable bonds is 9. The molecule has 1 aliphatic heterocycles. The van der Waals surface area contributed by atoms with Crippen LogP contribution in [-0.2, 0) is 22.3 Å². The Kier molecular flexibility index (Phi) is 8.98. The molecule has 0 aliphatic carbocycles. The first kappa shape index (κ1) is 27.3. The lowest BCUT2D eigenvalue weighted by atomic mass is 9.95. The molecule has 1 saturated heterocycles. The second kappa shape index (κ2) is 12.2. The van der Waals surface area contributed by atoms with Gasteiger partial charge in [-0.1, -0.05) is 49.7 Å². The van der Waals surface area contributed by atoms with E-state index < -0.39 is 40.2 Å². The van der Waals surface area contributed by atoms with E-state index in [-0.39, 0.29) is 35.3 Å². The highest BCUT2D eigenvalue weighted by Crippen LogP contribution is 2.35. The molecule has 0 spiro atoms. The van der Waals surface area contributed by atoms with Gasteiger partial charge >= 0.3 is 0 Å². The molecular weight excluding hydrogens is 487 g/mol. The van der Waals surface area contributed by atoms with E-state index in [1.807, 2.05) is 13.8 Å². The molecule has 0 N–H and O–H groups in total. The summed E-state index contributed by atoms with van der Waals surface area (Å²) in [6, 6.07) is 9.33. The molecule has 4 rings (SSSR count). The van der Waals surface area contributed by atoms with Gasteiger partial charge in [0.1, 0.15) is 5.82 Å². The summed E-state index contributed by atoms with van der Waals surface area (Å²) in [5.74, 6) is -5.70. The predicted octanol–water partition coefficient (Wildman–Crippen LogP) is 8.19. The van der Waals surface area contributed by atoms with E-state index in [1.165, 1.54) is 30.3 Å². The number of aryl methyl sites for hydroxylation is 2. The lowest BCUT2D eigenvalue weighted by molar-refractivity contribution is -0.0843. The van der Waals surface area contributed by atoms with E-state index in [0.717, 1.165) is 30.9 Å². The Morgan fingerprint density at radius 1 is 0.757 bits per heavy atom. The molecule has 3 aromatic carbocycles. The van der Waals surface area contributed by atoms with E-state index in [0.29, 0.717) is 26.1 Å². The highest BCUT2D eigenvalue weighted by molar-refractivity contribution is 5.72. The molecule has 7 heteroatoms. The van der Waals surface area contributed by atoms with Crippen LogP contribution in [0.4, 0.5) is 22.0 Å². The average Bonchev–Trinajstić information content (AvgIpc) is 2.89. The van der Waals surface area contributed by atoms with Gasteiger partial charge in [-0.2, -0.15) is 0 Å². The van der Waals surface area contributed by atoms with Gasteiger partial charge in [-0.3, -0.25) is 0 Å². The van der Waals surface area contributed by atoms with Gasteiger partial charge in [-0.25, -0.2) is 22.0 Å². The largest absolute Gasteiger partial charge is 0.376 e. The standard InChI is InChI=1S/C30H31F5O2/c1-3-5-18-6-12-22(26(31)16-18)23-14-15-25(30(35)29(23)34)24-13-8-19(27(32)28(24)33)7-9-20-10-11-21(17-37-20)36-4-2/h6,8,12-16,20-21H,3-5,7,9-11,17H2,1-2H3. The molecular formula is C30H31F5O2. The Hall–Kier alpha value is -2.77. The number of hydrogen-bond donors (Lipinski definition) is 0. The van der Waals surface area contributed by atoms with Crippen molar-refractivity contribution < 1.29 is 31.4 Å². The van der Waals surface area contributed by atoms with Gasteiger partial charge in [0.05, 0.1) is 18.8 Å². The summed E-state index contributed by atoms with van der Waals surface area (Å²) >= 11 is 0. The van der Waals surface area contributed by atoms with Crippen LogP contribution >= 0.6 is 0 Å². The fourth-order valence-corrected chi connectivity index (χ4v) is 4.87. The van der Waals surface area contributed by atoms with Gasteiger partial charge in [0.2, 0.25) is 0 Å². The van der Waals surface area contributed by atoms with Gasteiger partial charge < -0.3 is 9.47 Å². The zero-order valence-corrected chi connectivity index (χ0v) is 21.1. The smallest absolute Gasteiger partial charge is 0.167 e. The molecule has 0 amide bonds. The fraction of sp³-hybridized carbons (Fsp3) is 0.400. The first-order valence-electron chi connectivity index (χ1n) is 12.8. The van der Waals surface area contributed by atoms with Gasteiger partial charge in [0, 0.05) is 28.9 Å². The van der Waals surface area contributed by atoms with Crippen LogP contribution in [-0.4, -0.2) is 25.4 Å². The van der Waals surface area contributed by atoms with Crippen molar-refractivity contribution in [3.63, 3.8) is 0 Å². The van der Waals surface area contributed by atoms with Crippen LogP contribution in [0.15, 0.2) is 42.5 Å². The minimum absolute atomic E-state index is 0.0632. The summed E-state index contributed by atoms with van der Waals surface area (Å²) in [4.78, 5) is 0. The third kappa shape index (κ3) is 6.04. The summed E-state index contributed by atoms with van der Waals surface area (Å²) in [5.41, 5.74) is -0.297. The van der Waals surface area contributed by atoms with Crippen LogP contribution in [0.1, 0.15) is 50.7 Å². The summed E-state index contributed by atoms with van der Waals surface area (Å²) < 4.78 is 85.8. The van der Waals surface area contributed by atoms with Crippen LogP contribution in [0, 0.1) is 29.1 Å². The molecule has 3 aromatic rings. The molecule has 1 fully saturated rings. The predicted molar refractivity (Wildman–Crippen MR) is 134 cm³/mol. The lowest BCUT2D eigenvalue weighted by Crippen LogP contribution is -2.31. The molecule has 0 radical (unpaired) electrons. The Morgan fingerprint density at radius 2 is 1.38 bits per heavy atom.